The van der Waals surface area contributed by atoms with E-state index in [1.54, 1.807) is 12.1 Å². The Labute approximate surface area is 154 Å². The Bertz CT molecular complexity index is 493. The van der Waals surface area contributed by atoms with E-state index < -0.39 is 0 Å². The molecule has 0 aliphatic rings. The predicted octanol–water partition coefficient (Wildman–Crippen LogP) is 4.22. The Hall–Kier alpha value is -1.11. The lowest BCUT2D eigenvalue weighted by Gasteiger charge is -2.18. The monoisotopic (exact) mass is 372 g/mol. The quantitative estimate of drug-likeness (QED) is 0.424. The van der Waals surface area contributed by atoms with Crippen molar-refractivity contribution in [3.05, 3.63) is 29.3 Å². The molecule has 1 aromatic carbocycles. The van der Waals surface area contributed by atoms with Gasteiger partial charge in [0, 0.05) is 17.3 Å². The van der Waals surface area contributed by atoms with Crippen LogP contribution >= 0.6 is 36.0 Å². The number of nitrogens with one attached hydrogen (secondary N) is 4. The molecule has 0 bridgehead atoms. The molecule has 0 radical (unpaired) electrons. The van der Waals surface area contributed by atoms with E-state index in [0.717, 1.165) is 18.7 Å². The summed E-state index contributed by atoms with van der Waals surface area (Å²) in [6.07, 6.45) is 4.87. The summed E-state index contributed by atoms with van der Waals surface area (Å²) in [6, 6.07) is 7.31. The van der Waals surface area contributed by atoms with Crippen molar-refractivity contribution in [3.63, 3.8) is 0 Å². The van der Waals surface area contributed by atoms with Gasteiger partial charge < -0.3 is 10.6 Å². The van der Waals surface area contributed by atoms with Crippen LogP contribution in [0.3, 0.4) is 0 Å². The zero-order valence-electron chi connectivity index (χ0n) is 13.6. The van der Waals surface area contributed by atoms with Crippen LogP contribution in [-0.4, -0.2) is 16.8 Å². The van der Waals surface area contributed by atoms with Gasteiger partial charge in [0.25, 0.3) is 0 Å². The fourth-order valence-electron chi connectivity index (χ4n) is 2.03. The molecule has 1 rings (SSSR count). The number of thiocarbonyl (C=S) groups is 2. The van der Waals surface area contributed by atoms with Gasteiger partial charge in [-0.15, -0.1) is 0 Å². The summed E-state index contributed by atoms with van der Waals surface area (Å²) >= 11 is 16.3. The summed E-state index contributed by atoms with van der Waals surface area (Å²) < 4.78 is 0. The highest BCUT2D eigenvalue weighted by molar-refractivity contribution is 7.80. The maximum atomic E-state index is 5.84. The maximum absolute atomic E-state index is 5.84. The molecule has 0 aliphatic carbocycles. The van der Waals surface area contributed by atoms with Gasteiger partial charge in [0.05, 0.1) is 0 Å². The minimum absolute atomic E-state index is 0.439. The topological polar surface area (TPSA) is 48.1 Å². The van der Waals surface area contributed by atoms with Gasteiger partial charge in [0.1, 0.15) is 0 Å². The molecule has 0 amide bonds. The first kappa shape index (κ1) is 19.9. The molecule has 0 unspecified atom stereocenters. The number of hydrogen-bond acceptors (Lipinski definition) is 2. The van der Waals surface area contributed by atoms with Gasteiger partial charge in [-0.25, -0.2) is 0 Å². The first-order valence-corrected chi connectivity index (χ1v) is 9.11. The van der Waals surface area contributed by atoms with Crippen LogP contribution in [0.2, 0.25) is 5.02 Å². The second kappa shape index (κ2) is 11.4. The summed E-state index contributed by atoms with van der Waals surface area (Å²) in [5.41, 5.74) is 6.61. The lowest BCUT2D eigenvalue weighted by Crippen LogP contribution is -2.49. The summed E-state index contributed by atoms with van der Waals surface area (Å²) in [7, 11) is 0. The Morgan fingerprint density at radius 1 is 1.09 bits per heavy atom. The summed E-state index contributed by atoms with van der Waals surface area (Å²) in [4.78, 5) is 0. The van der Waals surface area contributed by atoms with Gasteiger partial charge in [0.2, 0.25) is 0 Å². The van der Waals surface area contributed by atoms with Crippen molar-refractivity contribution in [3.8, 4) is 0 Å². The molecule has 1 atom stereocenters. The molecule has 4 nitrogen and oxygen atoms in total. The Morgan fingerprint density at radius 3 is 2.35 bits per heavy atom. The van der Waals surface area contributed by atoms with Gasteiger partial charge in [0.15, 0.2) is 10.2 Å². The van der Waals surface area contributed by atoms with Crippen molar-refractivity contribution in [2.75, 3.05) is 11.9 Å². The molecule has 4 N–H and O–H groups in total. The number of benzene rings is 1. The summed E-state index contributed by atoms with van der Waals surface area (Å²) in [5.74, 6) is 0.647. The van der Waals surface area contributed by atoms with Gasteiger partial charge >= 0.3 is 0 Å². The smallest absolute Gasteiger partial charge is 0.189 e. The zero-order valence-corrected chi connectivity index (χ0v) is 16.0. The van der Waals surface area contributed by atoms with Crippen LogP contribution in [0.15, 0.2) is 24.3 Å². The van der Waals surface area contributed by atoms with Crippen LogP contribution in [0, 0.1) is 5.92 Å². The lowest BCUT2D eigenvalue weighted by molar-refractivity contribution is 0.444. The average molecular weight is 373 g/mol. The van der Waals surface area contributed by atoms with E-state index in [1.165, 1.54) is 19.3 Å². The van der Waals surface area contributed by atoms with Crippen molar-refractivity contribution < 1.29 is 0 Å². The van der Waals surface area contributed by atoms with Crippen molar-refractivity contribution in [1.29, 1.82) is 0 Å². The molecule has 0 spiro atoms. The predicted molar refractivity (Wildman–Crippen MR) is 108 cm³/mol. The first-order chi connectivity index (χ1) is 11.0. The maximum Gasteiger partial charge on any atom is 0.189 e. The first-order valence-electron chi connectivity index (χ1n) is 7.91. The fraction of sp³-hybridized carbons (Fsp3) is 0.500. The summed E-state index contributed by atoms with van der Waals surface area (Å²) in [6.45, 7) is 5.30. The number of rotatable bonds is 7. The van der Waals surface area contributed by atoms with Crippen molar-refractivity contribution in [2.24, 2.45) is 5.92 Å². The van der Waals surface area contributed by atoms with Crippen LogP contribution in [0.5, 0.6) is 0 Å². The standard InChI is InChI=1S/C16H25ClN4S2/c1-3-5-6-12(4-2)11-18-15(22)20-21-16(23)19-14-9-7-13(17)8-10-14/h7-10,12H,3-6,11H2,1-2H3,(H2,18,20,22)(H2,19,21,23)/t12-/m1/s1. The molecular weight excluding hydrogens is 348 g/mol. The number of unbranched alkanes of at least 4 members (excludes halogenated alkanes) is 1. The highest BCUT2D eigenvalue weighted by Gasteiger charge is 2.06. The largest absolute Gasteiger partial charge is 0.361 e. The third kappa shape index (κ3) is 8.93. The molecule has 128 valence electrons. The number of anilines is 1. The average Bonchev–Trinajstić information content (AvgIpc) is 2.55. The molecule has 0 saturated carbocycles. The van der Waals surface area contributed by atoms with E-state index >= 15 is 0 Å². The van der Waals surface area contributed by atoms with Crippen LogP contribution in [0.25, 0.3) is 0 Å². The van der Waals surface area contributed by atoms with Crippen LogP contribution in [0.1, 0.15) is 39.5 Å². The lowest BCUT2D eigenvalue weighted by atomic mass is 9.99. The van der Waals surface area contributed by atoms with Gasteiger partial charge in [-0.1, -0.05) is 44.7 Å². The Morgan fingerprint density at radius 2 is 1.74 bits per heavy atom. The third-order valence-electron chi connectivity index (χ3n) is 3.49. The van der Waals surface area contributed by atoms with Gasteiger partial charge in [-0.2, -0.15) is 0 Å². The SMILES string of the molecule is CCCC[C@@H](CC)CNC(=S)NNC(=S)Nc1ccc(Cl)cc1. The van der Waals surface area contributed by atoms with E-state index in [-0.39, 0.29) is 0 Å². The molecule has 7 heteroatoms. The molecular formula is C16H25ClN4S2. The second-order valence-electron chi connectivity index (χ2n) is 5.34. The molecule has 0 fully saturated rings. The van der Waals surface area contributed by atoms with Crippen molar-refractivity contribution in [2.45, 2.75) is 39.5 Å². The molecule has 0 heterocycles. The third-order valence-corrected chi connectivity index (χ3v) is 4.19. The van der Waals surface area contributed by atoms with Crippen molar-refractivity contribution in [1.82, 2.24) is 16.2 Å². The van der Waals surface area contributed by atoms with E-state index in [2.05, 4.69) is 35.3 Å². The minimum Gasteiger partial charge on any atom is -0.361 e. The molecule has 1 aromatic rings. The van der Waals surface area contributed by atoms with E-state index in [0.29, 0.717) is 21.2 Å². The zero-order chi connectivity index (χ0) is 17.1. The Kier molecular flexibility index (Phi) is 9.91. The number of hydrogen-bond donors (Lipinski definition) is 4. The van der Waals surface area contributed by atoms with Gasteiger partial charge in [-0.3, -0.25) is 10.9 Å². The van der Waals surface area contributed by atoms with E-state index in [9.17, 15) is 0 Å². The molecule has 0 aliphatic heterocycles. The number of halogens is 1. The van der Waals surface area contributed by atoms with Crippen LogP contribution in [0.4, 0.5) is 5.69 Å². The fourth-order valence-corrected chi connectivity index (χ4v) is 2.46. The van der Waals surface area contributed by atoms with Crippen molar-refractivity contribution >= 4 is 51.9 Å². The van der Waals surface area contributed by atoms with E-state index in [1.807, 2.05) is 12.1 Å². The summed E-state index contributed by atoms with van der Waals surface area (Å²) in [5, 5.41) is 7.93. The Balaban J connectivity index is 2.24. The van der Waals surface area contributed by atoms with Gasteiger partial charge in [-0.05, 0) is 61.0 Å². The highest BCUT2D eigenvalue weighted by atomic mass is 35.5. The van der Waals surface area contributed by atoms with Crippen LogP contribution < -0.4 is 21.5 Å². The van der Waals surface area contributed by atoms with E-state index in [4.69, 9.17) is 36.0 Å². The van der Waals surface area contributed by atoms with Crippen LogP contribution in [-0.2, 0) is 0 Å². The molecule has 0 saturated heterocycles. The number of hydrazine groups is 1. The molecule has 23 heavy (non-hydrogen) atoms. The minimum atomic E-state index is 0.439. The highest BCUT2D eigenvalue weighted by Crippen LogP contribution is 2.13. The normalized spacial score (nSPS) is 11.4. The second-order valence-corrected chi connectivity index (χ2v) is 6.59. The molecule has 0 aromatic heterocycles.